The monoisotopic (exact) mass is 381 g/mol. The van der Waals surface area contributed by atoms with Crippen molar-refractivity contribution in [3.8, 4) is 11.1 Å². The molecule has 1 fully saturated rings. The molecule has 28 heavy (non-hydrogen) atoms. The van der Waals surface area contributed by atoms with Crippen LogP contribution < -0.4 is 5.32 Å². The van der Waals surface area contributed by atoms with Crippen molar-refractivity contribution < 1.29 is 13.2 Å². The highest BCUT2D eigenvalue weighted by atomic mass is 19.3. The number of anilines is 1. The van der Waals surface area contributed by atoms with Crippen LogP contribution in [0.2, 0.25) is 0 Å². The number of halogens is 2. The second-order valence-corrected chi connectivity index (χ2v) is 7.70. The highest BCUT2D eigenvalue weighted by Crippen LogP contribution is 2.35. The first-order valence-corrected chi connectivity index (χ1v) is 9.57. The number of hydrogen-bond donors (Lipinski definition) is 1. The first-order chi connectivity index (χ1) is 13.5. The summed E-state index contributed by atoms with van der Waals surface area (Å²) in [4.78, 5) is 4.48. The second kappa shape index (κ2) is 6.33. The first kappa shape index (κ1) is 17.2. The highest BCUT2D eigenvalue weighted by molar-refractivity contribution is 5.88. The molecule has 2 heterocycles. The lowest BCUT2D eigenvalue weighted by molar-refractivity contribution is -0.0375. The average molecular weight is 381 g/mol. The minimum absolute atomic E-state index is 0.0339. The number of rotatable bonds is 3. The molecule has 1 N–H and O–H groups in total. The van der Waals surface area contributed by atoms with E-state index in [0.717, 1.165) is 16.6 Å². The number of benzene rings is 2. The predicted octanol–water partition coefficient (Wildman–Crippen LogP) is 5.98. The van der Waals surface area contributed by atoms with Crippen LogP contribution >= 0.6 is 0 Å². The zero-order valence-corrected chi connectivity index (χ0v) is 15.6. The van der Waals surface area contributed by atoms with Gasteiger partial charge in [-0.3, -0.25) is 0 Å². The van der Waals surface area contributed by atoms with Crippen LogP contribution in [0, 0.1) is 0 Å². The lowest BCUT2D eigenvalue weighted by Crippen LogP contribution is -2.34. The predicted molar refractivity (Wildman–Crippen MR) is 107 cm³/mol. The summed E-state index contributed by atoms with van der Waals surface area (Å²) in [6, 6.07) is 14.3. The molecule has 4 nitrogen and oxygen atoms in total. The molecule has 0 radical (unpaired) electrons. The summed E-state index contributed by atoms with van der Waals surface area (Å²) in [7, 11) is 2.03. The fourth-order valence-electron chi connectivity index (χ4n) is 4.10. The Morgan fingerprint density at radius 1 is 1.14 bits per heavy atom. The number of nitrogens with one attached hydrogen (secondary N) is 1. The van der Waals surface area contributed by atoms with E-state index in [4.69, 9.17) is 4.42 Å². The molecule has 0 saturated heterocycles. The van der Waals surface area contributed by atoms with Gasteiger partial charge in [0.15, 0.2) is 5.58 Å². The molecule has 1 atom stereocenters. The van der Waals surface area contributed by atoms with E-state index >= 15 is 0 Å². The van der Waals surface area contributed by atoms with Crippen LogP contribution in [0.25, 0.3) is 33.1 Å². The summed E-state index contributed by atoms with van der Waals surface area (Å²) >= 11 is 0. The third-order valence-electron chi connectivity index (χ3n) is 5.57. The number of alkyl halides is 2. The van der Waals surface area contributed by atoms with E-state index in [2.05, 4.69) is 39.1 Å². The van der Waals surface area contributed by atoms with Crippen molar-refractivity contribution in [2.45, 2.75) is 37.6 Å². The Morgan fingerprint density at radius 2 is 1.96 bits per heavy atom. The molecule has 0 bridgehead atoms. The maximum Gasteiger partial charge on any atom is 0.295 e. The number of oxazole rings is 1. The number of nitrogens with zero attached hydrogens (tertiary/aromatic N) is 2. The molecule has 1 unspecified atom stereocenters. The van der Waals surface area contributed by atoms with Gasteiger partial charge in [-0.15, -0.1) is 0 Å². The number of aromatic nitrogens is 2. The van der Waals surface area contributed by atoms with Gasteiger partial charge in [0.1, 0.15) is 5.52 Å². The van der Waals surface area contributed by atoms with Crippen molar-refractivity contribution in [3.05, 3.63) is 48.7 Å². The largest absolute Gasteiger partial charge is 0.424 e. The van der Waals surface area contributed by atoms with E-state index in [1.54, 1.807) is 0 Å². The van der Waals surface area contributed by atoms with Crippen LogP contribution in [0.15, 0.2) is 53.1 Å². The first-order valence-electron chi connectivity index (χ1n) is 9.57. The molecule has 6 heteroatoms. The van der Waals surface area contributed by atoms with Gasteiger partial charge in [-0.1, -0.05) is 12.1 Å². The Hall–Kier alpha value is -2.89. The van der Waals surface area contributed by atoms with E-state index in [-0.39, 0.29) is 18.9 Å². The van der Waals surface area contributed by atoms with Gasteiger partial charge in [0.2, 0.25) is 5.92 Å². The van der Waals surface area contributed by atoms with Gasteiger partial charge < -0.3 is 14.3 Å². The Bertz CT molecular complexity index is 1160. The number of aryl methyl sites for hydroxylation is 1. The molecule has 2 aromatic heterocycles. The zero-order chi connectivity index (χ0) is 19.3. The van der Waals surface area contributed by atoms with Crippen molar-refractivity contribution in [1.82, 2.24) is 9.55 Å². The van der Waals surface area contributed by atoms with Gasteiger partial charge in [0.05, 0.1) is 0 Å². The van der Waals surface area contributed by atoms with Crippen molar-refractivity contribution in [1.29, 1.82) is 0 Å². The normalized spacial score (nSPS) is 19.3. The molecule has 4 aromatic rings. The van der Waals surface area contributed by atoms with Gasteiger partial charge in [0, 0.05) is 43.0 Å². The fourth-order valence-corrected chi connectivity index (χ4v) is 4.10. The van der Waals surface area contributed by atoms with Crippen LogP contribution in [0.4, 0.5) is 14.8 Å². The van der Waals surface area contributed by atoms with Gasteiger partial charge in [-0.25, -0.2) is 8.78 Å². The standard InChI is InChI=1S/C22H21F2N3O/c1-27-10-8-16-11-14(4-6-19(16)27)15-5-7-20-18(12-15)26-21(28-20)25-17-3-2-9-22(23,24)13-17/h4-8,10-12,17H,2-3,9,13H2,1H3,(H,25,26). The molecule has 2 aromatic carbocycles. The Balaban J connectivity index is 1.43. The lowest BCUT2D eigenvalue weighted by Gasteiger charge is -2.28. The third kappa shape index (κ3) is 3.13. The van der Waals surface area contributed by atoms with Crippen molar-refractivity contribution in [2.24, 2.45) is 7.05 Å². The third-order valence-corrected chi connectivity index (χ3v) is 5.57. The minimum atomic E-state index is -2.61. The summed E-state index contributed by atoms with van der Waals surface area (Å²) < 4.78 is 35.1. The van der Waals surface area contributed by atoms with E-state index in [0.29, 0.717) is 24.4 Å². The summed E-state index contributed by atoms with van der Waals surface area (Å²) in [6.45, 7) is 0. The maximum absolute atomic E-state index is 13.6. The Morgan fingerprint density at radius 3 is 2.82 bits per heavy atom. The molecule has 0 amide bonds. The van der Waals surface area contributed by atoms with Crippen molar-refractivity contribution >= 4 is 28.0 Å². The summed E-state index contributed by atoms with van der Waals surface area (Å²) in [5.74, 6) is -2.61. The lowest BCUT2D eigenvalue weighted by atomic mass is 9.92. The van der Waals surface area contributed by atoms with Gasteiger partial charge >= 0.3 is 0 Å². The number of fused-ring (bicyclic) bond motifs is 2. The van der Waals surface area contributed by atoms with E-state index in [9.17, 15) is 8.78 Å². The van der Waals surface area contributed by atoms with E-state index < -0.39 is 5.92 Å². The highest BCUT2D eigenvalue weighted by Gasteiger charge is 2.36. The van der Waals surface area contributed by atoms with Crippen LogP contribution in [0.5, 0.6) is 0 Å². The van der Waals surface area contributed by atoms with E-state index in [1.807, 2.05) is 31.4 Å². The molecule has 1 saturated carbocycles. The molecule has 1 aliphatic rings. The smallest absolute Gasteiger partial charge is 0.295 e. The summed E-state index contributed by atoms with van der Waals surface area (Å²) in [5.41, 5.74) is 4.69. The summed E-state index contributed by atoms with van der Waals surface area (Å²) in [6.07, 6.45) is 3.05. The molecule has 0 aliphatic heterocycles. The fraction of sp³-hybridized carbons (Fsp3) is 0.318. The minimum Gasteiger partial charge on any atom is -0.424 e. The summed E-state index contributed by atoms with van der Waals surface area (Å²) in [5, 5.41) is 4.23. The molecule has 5 rings (SSSR count). The number of hydrogen-bond acceptors (Lipinski definition) is 3. The van der Waals surface area contributed by atoms with Crippen molar-refractivity contribution in [3.63, 3.8) is 0 Å². The Labute approximate surface area is 161 Å². The van der Waals surface area contributed by atoms with Crippen molar-refractivity contribution in [2.75, 3.05) is 5.32 Å². The van der Waals surface area contributed by atoms with Crippen LogP contribution in [0.3, 0.4) is 0 Å². The molecular formula is C22H21F2N3O. The molecule has 1 aliphatic carbocycles. The molecular weight excluding hydrogens is 360 g/mol. The Kier molecular flexibility index (Phi) is 3.89. The van der Waals surface area contributed by atoms with Crippen LogP contribution in [-0.4, -0.2) is 21.5 Å². The molecule has 144 valence electrons. The maximum atomic E-state index is 13.6. The average Bonchev–Trinajstić information content (AvgIpc) is 3.23. The van der Waals surface area contributed by atoms with Gasteiger partial charge in [-0.2, -0.15) is 4.98 Å². The topological polar surface area (TPSA) is 43.0 Å². The van der Waals surface area contributed by atoms with E-state index in [1.165, 1.54) is 10.9 Å². The zero-order valence-electron chi connectivity index (χ0n) is 15.6. The van der Waals surface area contributed by atoms with Gasteiger partial charge in [-0.05, 0) is 54.3 Å². The SMILES string of the molecule is Cn1ccc2cc(-c3ccc4oc(NC5CCCC(F)(F)C5)nc4c3)ccc21. The van der Waals surface area contributed by atoms with Crippen LogP contribution in [0.1, 0.15) is 25.7 Å². The quantitative estimate of drug-likeness (QED) is 0.475. The van der Waals surface area contributed by atoms with Crippen LogP contribution in [-0.2, 0) is 7.05 Å². The molecule has 0 spiro atoms. The second-order valence-electron chi connectivity index (χ2n) is 7.70. The van der Waals surface area contributed by atoms with Gasteiger partial charge in [0.25, 0.3) is 6.01 Å².